The molecule has 0 spiro atoms. The Kier molecular flexibility index (Phi) is 5.14. The van der Waals surface area contributed by atoms with Crippen molar-refractivity contribution in [3.8, 4) is 0 Å². The SMILES string of the molecule is Cc1cc(C)c(NC(=O)COC(=O)c2cnc3c(c2)c(C)nn3C)c(Cl)c1. The highest BCUT2D eigenvalue weighted by Gasteiger charge is 2.15. The van der Waals surface area contributed by atoms with Crippen molar-refractivity contribution < 1.29 is 14.3 Å². The number of rotatable bonds is 4. The normalized spacial score (nSPS) is 10.9. The number of aryl methyl sites for hydroxylation is 4. The molecule has 1 N–H and O–H groups in total. The number of carbonyl (C=O) groups is 2. The number of ether oxygens (including phenoxy) is 1. The number of benzene rings is 1. The van der Waals surface area contributed by atoms with Crippen molar-refractivity contribution in [1.29, 1.82) is 0 Å². The number of nitrogens with zero attached hydrogens (tertiary/aromatic N) is 3. The molecule has 140 valence electrons. The third-order valence-electron chi connectivity index (χ3n) is 4.13. The van der Waals surface area contributed by atoms with Crippen molar-refractivity contribution in [3.05, 3.63) is 51.8 Å². The van der Waals surface area contributed by atoms with Gasteiger partial charge in [-0.15, -0.1) is 0 Å². The third kappa shape index (κ3) is 3.93. The lowest BCUT2D eigenvalue weighted by atomic mass is 10.1. The van der Waals surface area contributed by atoms with Gasteiger partial charge in [-0.25, -0.2) is 9.78 Å². The summed E-state index contributed by atoms with van der Waals surface area (Å²) in [5, 5.41) is 8.14. The molecular weight excluding hydrogens is 368 g/mol. The van der Waals surface area contributed by atoms with E-state index in [0.717, 1.165) is 22.2 Å². The third-order valence-corrected chi connectivity index (χ3v) is 4.43. The molecule has 0 bridgehead atoms. The van der Waals surface area contributed by atoms with Crippen LogP contribution in [0.15, 0.2) is 24.4 Å². The molecule has 1 aromatic carbocycles. The zero-order valence-corrected chi connectivity index (χ0v) is 16.2. The highest BCUT2D eigenvalue weighted by molar-refractivity contribution is 6.34. The van der Waals surface area contributed by atoms with Crippen LogP contribution in [0.4, 0.5) is 5.69 Å². The molecule has 2 aromatic heterocycles. The van der Waals surface area contributed by atoms with Crippen molar-refractivity contribution in [2.45, 2.75) is 20.8 Å². The number of nitrogens with one attached hydrogen (secondary N) is 1. The average Bonchev–Trinajstić information content (AvgIpc) is 2.89. The average molecular weight is 387 g/mol. The van der Waals surface area contributed by atoms with Gasteiger partial charge in [-0.2, -0.15) is 5.10 Å². The Hall–Kier alpha value is -2.93. The molecule has 0 aliphatic rings. The molecule has 0 saturated heterocycles. The van der Waals surface area contributed by atoms with Gasteiger partial charge in [0.1, 0.15) is 0 Å². The monoisotopic (exact) mass is 386 g/mol. The van der Waals surface area contributed by atoms with Crippen LogP contribution >= 0.6 is 11.6 Å². The summed E-state index contributed by atoms with van der Waals surface area (Å²) in [5.41, 5.74) is 4.04. The van der Waals surface area contributed by atoms with E-state index in [4.69, 9.17) is 16.3 Å². The van der Waals surface area contributed by atoms with Crippen LogP contribution in [0.2, 0.25) is 5.02 Å². The van der Waals surface area contributed by atoms with Gasteiger partial charge in [0, 0.05) is 18.6 Å². The highest BCUT2D eigenvalue weighted by atomic mass is 35.5. The summed E-state index contributed by atoms with van der Waals surface area (Å²) < 4.78 is 6.74. The van der Waals surface area contributed by atoms with Crippen LogP contribution in [0.3, 0.4) is 0 Å². The first-order valence-corrected chi connectivity index (χ1v) is 8.67. The van der Waals surface area contributed by atoms with E-state index < -0.39 is 18.5 Å². The van der Waals surface area contributed by atoms with E-state index in [9.17, 15) is 9.59 Å². The molecule has 0 atom stereocenters. The van der Waals surface area contributed by atoms with Gasteiger partial charge in [0.15, 0.2) is 12.3 Å². The topological polar surface area (TPSA) is 86.1 Å². The van der Waals surface area contributed by atoms with Crippen molar-refractivity contribution in [1.82, 2.24) is 14.8 Å². The van der Waals surface area contributed by atoms with Crippen molar-refractivity contribution >= 4 is 40.2 Å². The fraction of sp³-hybridized carbons (Fsp3) is 0.263. The summed E-state index contributed by atoms with van der Waals surface area (Å²) in [6, 6.07) is 5.32. The Morgan fingerprint density at radius 1 is 1.22 bits per heavy atom. The zero-order valence-electron chi connectivity index (χ0n) is 15.5. The second-order valence-electron chi connectivity index (χ2n) is 6.37. The number of amides is 1. The molecule has 8 heteroatoms. The van der Waals surface area contributed by atoms with E-state index in [0.29, 0.717) is 16.4 Å². The van der Waals surface area contributed by atoms with E-state index in [2.05, 4.69) is 15.4 Å². The molecule has 2 heterocycles. The first-order valence-electron chi connectivity index (χ1n) is 8.29. The highest BCUT2D eigenvalue weighted by Crippen LogP contribution is 2.27. The largest absolute Gasteiger partial charge is 0.452 e. The van der Waals surface area contributed by atoms with Crippen molar-refractivity contribution in [3.63, 3.8) is 0 Å². The summed E-state index contributed by atoms with van der Waals surface area (Å²) in [6.07, 6.45) is 1.41. The van der Waals surface area contributed by atoms with Gasteiger partial charge in [-0.3, -0.25) is 9.48 Å². The van der Waals surface area contributed by atoms with Gasteiger partial charge >= 0.3 is 5.97 Å². The Morgan fingerprint density at radius 2 is 1.96 bits per heavy atom. The van der Waals surface area contributed by atoms with Crippen LogP contribution in [0.5, 0.6) is 0 Å². The quantitative estimate of drug-likeness (QED) is 0.695. The molecule has 27 heavy (non-hydrogen) atoms. The predicted molar refractivity (Wildman–Crippen MR) is 103 cm³/mol. The lowest BCUT2D eigenvalue weighted by Crippen LogP contribution is -2.21. The summed E-state index contributed by atoms with van der Waals surface area (Å²) in [5.74, 6) is -1.10. The van der Waals surface area contributed by atoms with Gasteiger partial charge in [-0.1, -0.05) is 17.7 Å². The van der Waals surface area contributed by atoms with E-state index in [-0.39, 0.29) is 5.56 Å². The standard InChI is InChI=1S/C19H19ClN4O3/c1-10-5-11(2)17(15(20)6-10)22-16(25)9-27-19(26)13-7-14-12(3)23-24(4)18(14)21-8-13/h5-8H,9H2,1-4H3,(H,22,25). The Morgan fingerprint density at radius 3 is 2.67 bits per heavy atom. The maximum Gasteiger partial charge on any atom is 0.340 e. The summed E-state index contributed by atoms with van der Waals surface area (Å²) >= 11 is 6.17. The Labute approximate surface area is 161 Å². The molecular formula is C19H19ClN4O3. The summed E-state index contributed by atoms with van der Waals surface area (Å²) in [4.78, 5) is 28.6. The molecule has 1 amide bonds. The molecule has 0 aliphatic carbocycles. The minimum absolute atomic E-state index is 0.260. The minimum atomic E-state index is -0.630. The molecule has 3 rings (SSSR count). The number of pyridine rings is 1. The van der Waals surface area contributed by atoms with E-state index in [1.54, 1.807) is 23.9 Å². The molecule has 0 unspecified atom stereocenters. The maximum atomic E-state index is 12.2. The van der Waals surface area contributed by atoms with Crippen LogP contribution in [0.25, 0.3) is 11.0 Å². The fourth-order valence-electron chi connectivity index (χ4n) is 2.88. The van der Waals surface area contributed by atoms with Crippen LogP contribution < -0.4 is 5.32 Å². The van der Waals surface area contributed by atoms with Crippen LogP contribution in [-0.4, -0.2) is 33.2 Å². The van der Waals surface area contributed by atoms with E-state index in [1.807, 2.05) is 26.8 Å². The minimum Gasteiger partial charge on any atom is -0.452 e. The second kappa shape index (κ2) is 7.36. The first-order chi connectivity index (χ1) is 12.8. The molecule has 0 aliphatic heterocycles. The summed E-state index contributed by atoms with van der Waals surface area (Å²) in [6.45, 7) is 5.17. The summed E-state index contributed by atoms with van der Waals surface area (Å²) in [7, 11) is 1.78. The van der Waals surface area contributed by atoms with Crippen LogP contribution in [-0.2, 0) is 16.6 Å². The number of fused-ring (bicyclic) bond motifs is 1. The van der Waals surface area contributed by atoms with Crippen LogP contribution in [0.1, 0.15) is 27.2 Å². The lowest BCUT2D eigenvalue weighted by molar-refractivity contribution is -0.119. The first kappa shape index (κ1) is 18.8. The number of hydrogen-bond acceptors (Lipinski definition) is 5. The van der Waals surface area contributed by atoms with Crippen molar-refractivity contribution in [2.24, 2.45) is 7.05 Å². The Bertz CT molecular complexity index is 1040. The van der Waals surface area contributed by atoms with Crippen molar-refractivity contribution in [2.75, 3.05) is 11.9 Å². The molecule has 0 radical (unpaired) electrons. The number of esters is 1. The smallest absolute Gasteiger partial charge is 0.340 e. The van der Waals surface area contributed by atoms with E-state index in [1.165, 1.54) is 6.20 Å². The molecule has 0 saturated carbocycles. The number of carbonyl (C=O) groups excluding carboxylic acids is 2. The molecule has 0 fully saturated rings. The van der Waals surface area contributed by atoms with Gasteiger partial charge in [0.2, 0.25) is 0 Å². The fourth-order valence-corrected chi connectivity index (χ4v) is 3.25. The second-order valence-corrected chi connectivity index (χ2v) is 6.77. The maximum absolute atomic E-state index is 12.2. The predicted octanol–water partition coefficient (Wildman–Crippen LogP) is 3.34. The van der Waals surface area contributed by atoms with Gasteiger partial charge < -0.3 is 10.1 Å². The molecule has 3 aromatic rings. The van der Waals surface area contributed by atoms with Gasteiger partial charge in [-0.05, 0) is 44.0 Å². The molecule has 7 nitrogen and oxygen atoms in total. The number of hydrogen-bond donors (Lipinski definition) is 1. The lowest BCUT2D eigenvalue weighted by Gasteiger charge is -2.11. The van der Waals surface area contributed by atoms with Crippen LogP contribution in [0, 0.1) is 20.8 Å². The van der Waals surface area contributed by atoms with E-state index >= 15 is 0 Å². The zero-order chi connectivity index (χ0) is 19.7. The number of halogens is 1. The number of anilines is 1. The van der Waals surface area contributed by atoms with Gasteiger partial charge in [0.25, 0.3) is 5.91 Å². The Balaban J connectivity index is 1.67. The van der Waals surface area contributed by atoms with Gasteiger partial charge in [0.05, 0.1) is 22.0 Å². The number of aromatic nitrogens is 3.